The van der Waals surface area contributed by atoms with E-state index in [1.807, 2.05) is 23.5 Å². The van der Waals surface area contributed by atoms with Gasteiger partial charge in [0, 0.05) is 17.8 Å². The second kappa shape index (κ2) is 13.7. The first-order valence-corrected chi connectivity index (χ1v) is 9.24. The maximum absolute atomic E-state index is 4.64. The number of unbranched alkanes of at least 4 members (excludes halogenated alkanes) is 1. The molecule has 0 spiro atoms. The van der Waals surface area contributed by atoms with Gasteiger partial charge < -0.3 is 10.6 Å². The van der Waals surface area contributed by atoms with Crippen LogP contribution in [0.4, 0.5) is 0 Å². The van der Waals surface area contributed by atoms with E-state index in [4.69, 9.17) is 0 Å². The minimum Gasteiger partial charge on any atom is -0.357 e. The van der Waals surface area contributed by atoms with Gasteiger partial charge in [-0.3, -0.25) is 4.99 Å². The van der Waals surface area contributed by atoms with Crippen LogP contribution < -0.4 is 10.6 Å². The predicted octanol–water partition coefficient (Wildman–Crippen LogP) is 3.44. The van der Waals surface area contributed by atoms with Crippen LogP contribution in [0.1, 0.15) is 33.6 Å². The summed E-state index contributed by atoms with van der Waals surface area (Å²) in [7, 11) is 0. The van der Waals surface area contributed by atoms with Gasteiger partial charge in [-0.15, -0.1) is 24.0 Å². The summed E-state index contributed by atoms with van der Waals surface area (Å²) in [6, 6.07) is 0. The summed E-state index contributed by atoms with van der Waals surface area (Å²) >= 11 is 3.77. The zero-order chi connectivity index (χ0) is 13.9. The molecule has 0 aliphatic rings. The number of halogens is 1. The van der Waals surface area contributed by atoms with Crippen molar-refractivity contribution in [2.24, 2.45) is 4.99 Å². The Balaban J connectivity index is 0. The average molecular weight is 419 g/mol. The van der Waals surface area contributed by atoms with E-state index in [0.29, 0.717) is 0 Å². The van der Waals surface area contributed by atoms with E-state index in [2.05, 4.69) is 48.9 Å². The number of hydrogen-bond donors (Lipinski definition) is 2. The molecule has 2 N–H and O–H groups in total. The predicted molar refractivity (Wildman–Crippen MR) is 105 cm³/mol. The van der Waals surface area contributed by atoms with Gasteiger partial charge in [0.05, 0.1) is 6.54 Å². The lowest BCUT2D eigenvalue weighted by atomic mass is 10.2. The molecule has 0 rings (SSSR count). The second-order valence-electron chi connectivity index (χ2n) is 4.79. The Morgan fingerprint density at radius 2 is 1.84 bits per heavy atom. The molecule has 0 bridgehead atoms. The van der Waals surface area contributed by atoms with Crippen molar-refractivity contribution in [1.82, 2.24) is 10.6 Å². The lowest BCUT2D eigenvalue weighted by molar-refractivity contribution is 0.699. The number of nitrogens with zero attached hydrogens (tertiary/aromatic N) is 1. The van der Waals surface area contributed by atoms with Crippen molar-refractivity contribution in [1.29, 1.82) is 0 Å². The summed E-state index contributed by atoms with van der Waals surface area (Å²) in [5, 5.41) is 6.69. The van der Waals surface area contributed by atoms with Crippen molar-refractivity contribution in [3.63, 3.8) is 0 Å². The molecule has 0 aromatic carbocycles. The van der Waals surface area contributed by atoms with Crippen LogP contribution in [0, 0.1) is 0 Å². The fourth-order valence-corrected chi connectivity index (χ4v) is 1.94. The van der Waals surface area contributed by atoms with Gasteiger partial charge in [0.25, 0.3) is 0 Å². The van der Waals surface area contributed by atoms with E-state index in [-0.39, 0.29) is 28.7 Å². The van der Waals surface area contributed by atoms with Crippen molar-refractivity contribution in [3.8, 4) is 0 Å². The third-order valence-electron chi connectivity index (χ3n) is 2.58. The second-order valence-corrected chi connectivity index (χ2v) is 7.28. The molecule has 116 valence electrons. The maximum Gasteiger partial charge on any atom is 0.191 e. The topological polar surface area (TPSA) is 36.4 Å². The van der Waals surface area contributed by atoms with Crippen molar-refractivity contribution in [3.05, 3.63) is 0 Å². The normalized spacial score (nSPS) is 11.9. The van der Waals surface area contributed by atoms with Gasteiger partial charge in [0.2, 0.25) is 0 Å². The molecule has 0 fully saturated rings. The van der Waals surface area contributed by atoms with Crippen LogP contribution in [-0.4, -0.2) is 48.6 Å². The molecular weight excluding hydrogens is 389 g/mol. The first kappa shape index (κ1) is 22.0. The number of rotatable bonds is 9. The number of aliphatic imine (C=N–C) groups is 1. The van der Waals surface area contributed by atoms with Gasteiger partial charge in [-0.25, -0.2) is 0 Å². The molecule has 0 atom stereocenters. The van der Waals surface area contributed by atoms with Crippen molar-refractivity contribution in [2.45, 2.75) is 38.4 Å². The molecule has 0 amide bonds. The van der Waals surface area contributed by atoms with Crippen LogP contribution >= 0.6 is 47.5 Å². The SMILES string of the molecule is CCNC(=NCC(C)(C)SC)NCCCCSC.I. The molecular formula is C13H30IN3S2. The summed E-state index contributed by atoms with van der Waals surface area (Å²) in [6.07, 6.45) is 6.77. The van der Waals surface area contributed by atoms with Crippen LogP contribution in [0.5, 0.6) is 0 Å². The molecule has 0 aromatic rings. The van der Waals surface area contributed by atoms with E-state index >= 15 is 0 Å². The molecule has 0 saturated carbocycles. The number of hydrogen-bond acceptors (Lipinski definition) is 3. The highest BCUT2D eigenvalue weighted by Crippen LogP contribution is 2.20. The maximum atomic E-state index is 4.64. The Morgan fingerprint density at radius 3 is 2.37 bits per heavy atom. The molecule has 0 aliphatic heterocycles. The number of nitrogens with one attached hydrogen (secondary N) is 2. The lowest BCUT2D eigenvalue weighted by Crippen LogP contribution is -2.38. The quantitative estimate of drug-likeness (QED) is 0.260. The van der Waals surface area contributed by atoms with Gasteiger partial charge >= 0.3 is 0 Å². The lowest BCUT2D eigenvalue weighted by Gasteiger charge is -2.20. The number of guanidine groups is 1. The Kier molecular flexibility index (Phi) is 15.8. The smallest absolute Gasteiger partial charge is 0.191 e. The molecule has 0 saturated heterocycles. The molecule has 19 heavy (non-hydrogen) atoms. The molecule has 6 heteroatoms. The molecule has 0 unspecified atom stereocenters. The summed E-state index contributed by atoms with van der Waals surface area (Å²) in [5.74, 6) is 2.19. The Hall–Kier alpha value is 0.700. The van der Waals surface area contributed by atoms with Crippen molar-refractivity contribution in [2.75, 3.05) is 37.9 Å². The van der Waals surface area contributed by atoms with Gasteiger partial charge in [0.1, 0.15) is 0 Å². The molecule has 3 nitrogen and oxygen atoms in total. The Morgan fingerprint density at radius 1 is 1.16 bits per heavy atom. The first-order chi connectivity index (χ1) is 8.55. The van der Waals surface area contributed by atoms with E-state index in [0.717, 1.165) is 25.6 Å². The fourth-order valence-electron chi connectivity index (χ4n) is 1.25. The van der Waals surface area contributed by atoms with E-state index in [1.54, 1.807) is 0 Å². The highest BCUT2D eigenvalue weighted by atomic mass is 127. The Labute approximate surface area is 145 Å². The van der Waals surface area contributed by atoms with Gasteiger partial charge in [-0.1, -0.05) is 0 Å². The summed E-state index contributed by atoms with van der Waals surface area (Å²) in [5.41, 5.74) is 0. The van der Waals surface area contributed by atoms with Gasteiger partial charge in [-0.2, -0.15) is 23.5 Å². The third kappa shape index (κ3) is 13.4. The fraction of sp³-hybridized carbons (Fsp3) is 0.923. The standard InChI is InChI=1S/C13H29N3S2.HI/c1-6-14-12(15-9-7-8-10-17-4)16-11-13(2,3)18-5;/h6-11H2,1-5H3,(H2,14,15,16);1H. The van der Waals surface area contributed by atoms with E-state index in [1.165, 1.54) is 18.6 Å². The number of thioether (sulfide) groups is 2. The van der Waals surface area contributed by atoms with Crippen LogP contribution in [-0.2, 0) is 0 Å². The van der Waals surface area contributed by atoms with Gasteiger partial charge in [-0.05, 0) is 51.9 Å². The van der Waals surface area contributed by atoms with Crippen LogP contribution in [0.15, 0.2) is 4.99 Å². The third-order valence-corrected chi connectivity index (χ3v) is 4.51. The summed E-state index contributed by atoms with van der Waals surface area (Å²) < 4.78 is 0.210. The first-order valence-electron chi connectivity index (χ1n) is 6.62. The van der Waals surface area contributed by atoms with Crippen LogP contribution in [0.25, 0.3) is 0 Å². The zero-order valence-corrected chi connectivity index (χ0v) is 16.9. The zero-order valence-electron chi connectivity index (χ0n) is 12.9. The van der Waals surface area contributed by atoms with E-state index < -0.39 is 0 Å². The minimum atomic E-state index is 0. The molecule has 0 heterocycles. The summed E-state index contributed by atoms with van der Waals surface area (Å²) in [6.45, 7) is 9.31. The largest absolute Gasteiger partial charge is 0.357 e. The highest BCUT2D eigenvalue weighted by molar-refractivity contribution is 14.0. The minimum absolute atomic E-state index is 0. The monoisotopic (exact) mass is 419 g/mol. The van der Waals surface area contributed by atoms with Crippen molar-refractivity contribution >= 4 is 53.5 Å². The average Bonchev–Trinajstić information content (AvgIpc) is 2.35. The molecule has 0 radical (unpaired) electrons. The van der Waals surface area contributed by atoms with Crippen LogP contribution in [0.3, 0.4) is 0 Å². The summed E-state index contributed by atoms with van der Waals surface area (Å²) in [4.78, 5) is 4.64. The van der Waals surface area contributed by atoms with Crippen molar-refractivity contribution < 1.29 is 0 Å². The van der Waals surface area contributed by atoms with Crippen LogP contribution in [0.2, 0.25) is 0 Å². The van der Waals surface area contributed by atoms with E-state index in [9.17, 15) is 0 Å². The van der Waals surface area contributed by atoms with Gasteiger partial charge in [0.15, 0.2) is 5.96 Å². The molecule has 0 aromatic heterocycles. The molecule has 0 aliphatic carbocycles. The highest BCUT2D eigenvalue weighted by Gasteiger charge is 2.15. The Bertz CT molecular complexity index is 236.